The van der Waals surface area contributed by atoms with Crippen LogP contribution in [0.15, 0.2) is 60.9 Å². The monoisotopic (exact) mass is 427 g/mol. The largest absolute Gasteiger partial charge is 0.363 e. The van der Waals surface area contributed by atoms with Crippen LogP contribution < -0.4 is 14.9 Å². The van der Waals surface area contributed by atoms with Crippen LogP contribution in [0.5, 0.6) is 0 Å². The van der Waals surface area contributed by atoms with E-state index >= 15 is 0 Å². The minimum atomic E-state index is -3.35. The van der Waals surface area contributed by atoms with Gasteiger partial charge in [-0.25, -0.2) is 8.42 Å². The topological polar surface area (TPSA) is 90.1 Å². The lowest BCUT2D eigenvalue weighted by atomic mass is 10.0. The molecule has 0 amide bonds. The van der Waals surface area contributed by atoms with Gasteiger partial charge in [-0.2, -0.15) is 0 Å². The molecule has 0 saturated carbocycles. The number of aromatic amines is 1. The summed E-state index contributed by atoms with van der Waals surface area (Å²) >= 11 is 5.68. The zero-order valence-electron chi connectivity index (χ0n) is 16.0. The lowest BCUT2D eigenvalue weighted by molar-refractivity contribution is 0.558. The minimum Gasteiger partial charge on any atom is -0.363 e. The first-order chi connectivity index (χ1) is 13.8. The number of aryl methyl sites for hydroxylation is 1. The molecule has 29 heavy (non-hydrogen) atoms. The number of sulfonamides is 1. The molecular formula is C20H21N5O2S2. The van der Waals surface area contributed by atoms with Crippen molar-refractivity contribution in [2.24, 2.45) is 0 Å². The Bertz CT molecular complexity index is 1130. The molecule has 9 heteroatoms. The second-order valence-electron chi connectivity index (χ2n) is 7.00. The smallest absolute Gasteiger partial charge is 0.229 e. The Balaban J connectivity index is 1.76. The van der Waals surface area contributed by atoms with E-state index in [-0.39, 0.29) is 12.1 Å². The van der Waals surface area contributed by atoms with Crippen molar-refractivity contribution in [2.75, 3.05) is 15.9 Å². The standard InChI is InChI=1S/C20H21N5O2S2/c1-13-12-14(8-9-15(13)24-29(2,26)27)25-19(17-7-5-11-22-17)18(23-20(25)28)16-6-3-4-10-21-16/h3-12,18-19,22,24H,1-2H3,(H,23,28)/t18-,19+/m0/s1. The molecule has 3 aromatic rings. The van der Waals surface area contributed by atoms with Gasteiger partial charge in [-0.15, -0.1) is 0 Å². The quantitative estimate of drug-likeness (QED) is 0.542. The fourth-order valence-electron chi connectivity index (χ4n) is 3.59. The molecule has 0 spiro atoms. The Kier molecular flexibility index (Phi) is 5.01. The Morgan fingerprint density at radius 3 is 2.62 bits per heavy atom. The average molecular weight is 428 g/mol. The number of hydrogen-bond donors (Lipinski definition) is 3. The molecule has 2 atom stereocenters. The number of benzene rings is 1. The van der Waals surface area contributed by atoms with E-state index < -0.39 is 10.0 Å². The summed E-state index contributed by atoms with van der Waals surface area (Å²) in [5.74, 6) is 0. The summed E-state index contributed by atoms with van der Waals surface area (Å²) in [6.07, 6.45) is 4.79. The predicted octanol–water partition coefficient (Wildman–Crippen LogP) is 3.27. The Morgan fingerprint density at radius 1 is 1.17 bits per heavy atom. The van der Waals surface area contributed by atoms with Crippen LogP contribution in [0.1, 0.15) is 29.0 Å². The second kappa shape index (κ2) is 7.49. The molecule has 1 aliphatic rings. The van der Waals surface area contributed by atoms with Crippen LogP contribution in [0.4, 0.5) is 11.4 Å². The summed E-state index contributed by atoms with van der Waals surface area (Å²) in [6.45, 7) is 1.86. The van der Waals surface area contributed by atoms with Crippen LogP contribution in [0, 0.1) is 6.92 Å². The Hall–Kier alpha value is -2.91. The molecule has 0 bridgehead atoms. The maximum absolute atomic E-state index is 11.6. The predicted molar refractivity (Wildman–Crippen MR) is 118 cm³/mol. The highest BCUT2D eigenvalue weighted by atomic mass is 32.2. The van der Waals surface area contributed by atoms with Crippen LogP contribution in [-0.4, -0.2) is 29.8 Å². The number of thiocarbonyl (C=S) groups is 1. The summed E-state index contributed by atoms with van der Waals surface area (Å²) in [6, 6.07) is 15.1. The first-order valence-electron chi connectivity index (χ1n) is 9.06. The van der Waals surface area contributed by atoms with Crippen molar-refractivity contribution in [3.8, 4) is 0 Å². The molecule has 150 valence electrons. The summed E-state index contributed by atoms with van der Waals surface area (Å²) in [7, 11) is -3.35. The highest BCUT2D eigenvalue weighted by Gasteiger charge is 2.41. The summed E-state index contributed by atoms with van der Waals surface area (Å²) in [4.78, 5) is 9.85. The molecule has 0 unspecified atom stereocenters. The van der Waals surface area contributed by atoms with Crippen molar-refractivity contribution in [2.45, 2.75) is 19.0 Å². The van der Waals surface area contributed by atoms with Gasteiger partial charge in [-0.05, 0) is 67.2 Å². The first-order valence-corrected chi connectivity index (χ1v) is 11.4. The first kappa shape index (κ1) is 19.4. The van der Waals surface area contributed by atoms with Crippen LogP contribution in [-0.2, 0) is 10.0 Å². The van der Waals surface area contributed by atoms with Crippen molar-refractivity contribution in [1.29, 1.82) is 0 Å². The van der Waals surface area contributed by atoms with Gasteiger partial charge in [-0.3, -0.25) is 9.71 Å². The zero-order chi connectivity index (χ0) is 20.6. The number of aromatic nitrogens is 2. The third-order valence-corrected chi connectivity index (χ3v) is 5.73. The van der Waals surface area contributed by atoms with Gasteiger partial charge in [0.15, 0.2) is 5.11 Å². The average Bonchev–Trinajstić information content (AvgIpc) is 3.30. The molecule has 7 nitrogen and oxygen atoms in total. The van der Waals surface area contributed by atoms with E-state index in [4.69, 9.17) is 12.2 Å². The van der Waals surface area contributed by atoms with E-state index in [1.54, 1.807) is 12.3 Å². The normalized spacial score (nSPS) is 19.2. The van der Waals surface area contributed by atoms with Crippen LogP contribution in [0.2, 0.25) is 0 Å². The number of pyridine rings is 1. The minimum absolute atomic E-state index is 0.125. The van der Waals surface area contributed by atoms with Gasteiger partial charge in [0.2, 0.25) is 10.0 Å². The van der Waals surface area contributed by atoms with Crippen molar-refractivity contribution in [1.82, 2.24) is 15.3 Å². The summed E-state index contributed by atoms with van der Waals surface area (Å²) in [5.41, 5.74) is 4.12. The molecule has 1 fully saturated rings. The maximum Gasteiger partial charge on any atom is 0.229 e. The highest BCUT2D eigenvalue weighted by molar-refractivity contribution is 7.92. The van der Waals surface area contributed by atoms with Gasteiger partial charge < -0.3 is 15.2 Å². The van der Waals surface area contributed by atoms with Gasteiger partial charge in [0.05, 0.1) is 23.7 Å². The number of anilines is 2. The van der Waals surface area contributed by atoms with Gasteiger partial charge in [-0.1, -0.05) is 6.07 Å². The van der Waals surface area contributed by atoms with Crippen LogP contribution in [0.25, 0.3) is 0 Å². The van der Waals surface area contributed by atoms with E-state index in [1.165, 1.54) is 0 Å². The number of rotatable bonds is 5. The molecule has 3 heterocycles. The Labute approximate surface area is 175 Å². The van der Waals surface area contributed by atoms with Crippen molar-refractivity contribution < 1.29 is 8.42 Å². The lowest BCUT2D eigenvalue weighted by Gasteiger charge is -2.27. The van der Waals surface area contributed by atoms with E-state index in [9.17, 15) is 8.42 Å². The third kappa shape index (κ3) is 3.96. The molecule has 1 saturated heterocycles. The number of nitrogens with zero attached hydrogens (tertiary/aromatic N) is 2. The Morgan fingerprint density at radius 2 is 2.00 bits per heavy atom. The van der Waals surface area contributed by atoms with Gasteiger partial charge in [0.1, 0.15) is 6.04 Å². The molecular weight excluding hydrogens is 406 g/mol. The number of H-pyrrole nitrogens is 1. The molecule has 3 N–H and O–H groups in total. The van der Waals surface area contributed by atoms with Gasteiger partial charge >= 0.3 is 0 Å². The zero-order valence-corrected chi connectivity index (χ0v) is 17.6. The van der Waals surface area contributed by atoms with Crippen LogP contribution >= 0.6 is 12.2 Å². The summed E-state index contributed by atoms with van der Waals surface area (Å²) in [5, 5.41) is 3.98. The molecule has 2 aromatic heterocycles. The lowest BCUT2D eigenvalue weighted by Crippen LogP contribution is -2.29. The summed E-state index contributed by atoms with van der Waals surface area (Å²) < 4.78 is 25.7. The fraction of sp³-hybridized carbons (Fsp3) is 0.200. The van der Waals surface area contributed by atoms with E-state index in [0.717, 1.165) is 28.9 Å². The van der Waals surface area contributed by atoms with Crippen molar-refractivity contribution >= 4 is 38.7 Å². The molecule has 4 rings (SSSR count). The van der Waals surface area contributed by atoms with E-state index in [1.807, 2.05) is 60.5 Å². The molecule has 0 aliphatic carbocycles. The third-order valence-electron chi connectivity index (χ3n) is 4.82. The SMILES string of the molecule is Cc1cc(N2C(=S)N[C@@H](c3ccccn3)[C@H]2c2ccc[nH]2)ccc1NS(C)(=O)=O. The van der Waals surface area contributed by atoms with Crippen molar-refractivity contribution in [3.05, 3.63) is 77.9 Å². The fourth-order valence-corrected chi connectivity index (χ4v) is 4.56. The van der Waals surface area contributed by atoms with Gasteiger partial charge in [0, 0.05) is 23.8 Å². The van der Waals surface area contributed by atoms with E-state index in [2.05, 4.69) is 20.0 Å². The maximum atomic E-state index is 11.6. The van der Waals surface area contributed by atoms with Crippen molar-refractivity contribution in [3.63, 3.8) is 0 Å². The highest BCUT2D eigenvalue weighted by Crippen LogP contribution is 2.41. The van der Waals surface area contributed by atoms with Gasteiger partial charge in [0.25, 0.3) is 0 Å². The second-order valence-corrected chi connectivity index (χ2v) is 9.13. The number of hydrogen-bond acceptors (Lipinski definition) is 4. The van der Waals surface area contributed by atoms with Crippen LogP contribution in [0.3, 0.4) is 0 Å². The molecule has 1 aromatic carbocycles. The molecule has 1 aliphatic heterocycles. The molecule has 0 radical (unpaired) electrons. The van der Waals surface area contributed by atoms with E-state index in [0.29, 0.717) is 10.8 Å². The number of nitrogens with one attached hydrogen (secondary N) is 3.